The van der Waals surface area contributed by atoms with Crippen molar-refractivity contribution in [2.75, 3.05) is 27.4 Å². The number of carbonyl (C=O) groups is 2. The molecule has 0 aliphatic rings. The lowest BCUT2D eigenvalue weighted by Gasteiger charge is -2.13. The third kappa shape index (κ3) is 12.3. The maximum atomic E-state index is 11.7. The van der Waals surface area contributed by atoms with Gasteiger partial charge in [-0.2, -0.15) is 0 Å². The Morgan fingerprint density at radius 2 is 1.39 bits per heavy atom. The van der Waals surface area contributed by atoms with Gasteiger partial charge in [-0.15, -0.1) is 0 Å². The molecule has 6 nitrogen and oxygen atoms in total. The number of unbranched alkanes of at least 4 members (excludes halogenated alkanes) is 1. The van der Waals surface area contributed by atoms with Crippen LogP contribution in [0.2, 0.25) is 0 Å². The summed E-state index contributed by atoms with van der Waals surface area (Å²) in [5, 5.41) is 0. The van der Waals surface area contributed by atoms with Crippen LogP contribution in [0.4, 0.5) is 0 Å². The molecule has 0 bridgehead atoms. The van der Waals surface area contributed by atoms with Crippen LogP contribution in [0.5, 0.6) is 11.5 Å². The van der Waals surface area contributed by atoms with Gasteiger partial charge in [-0.25, -0.2) is 4.79 Å². The van der Waals surface area contributed by atoms with E-state index in [1.54, 1.807) is 0 Å². The summed E-state index contributed by atoms with van der Waals surface area (Å²) in [5.41, 5.74) is 2.99. The highest BCUT2D eigenvalue weighted by molar-refractivity contribution is 5.89. The van der Waals surface area contributed by atoms with Crippen molar-refractivity contribution in [3.63, 3.8) is 0 Å². The molecule has 0 radical (unpaired) electrons. The zero-order valence-electron chi connectivity index (χ0n) is 24.3. The van der Waals surface area contributed by atoms with E-state index in [2.05, 4.69) is 24.3 Å². The highest BCUT2D eigenvalue weighted by Gasteiger charge is 2.10. The Kier molecular flexibility index (Phi) is 14.1. The van der Waals surface area contributed by atoms with Gasteiger partial charge in [0.05, 0.1) is 33.0 Å². The van der Waals surface area contributed by atoms with Crippen LogP contribution in [0.3, 0.4) is 0 Å². The third-order valence-corrected chi connectivity index (χ3v) is 6.81. The Labute approximate surface area is 244 Å². The van der Waals surface area contributed by atoms with Crippen molar-refractivity contribution < 1.29 is 28.5 Å². The van der Waals surface area contributed by atoms with Gasteiger partial charge >= 0.3 is 11.9 Å². The van der Waals surface area contributed by atoms with Gasteiger partial charge in [0.2, 0.25) is 0 Å². The van der Waals surface area contributed by atoms with Crippen molar-refractivity contribution in [2.45, 2.75) is 51.4 Å². The number of esters is 2. The van der Waals surface area contributed by atoms with Crippen molar-refractivity contribution in [3.8, 4) is 11.5 Å². The summed E-state index contributed by atoms with van der Waals surface area (Å²) < 4.78 is 21.1. The smallest absolute Gasteiger partial charge is 0.337 e. The summed E-state index contributed by atoms with van der Waals surface area (Å²) in [7, 11) is 2.81. The molecule has 0 saturated carbocycles. The molecule has 41 heavy (non-hydrogen) atoms. The van der Waals surface area contributed by atoms with Gasteiger partial charge in [-0.3, -0.25) is 4.79 Å². The highest BCUT2D eigenvalue weighted by Crippen LogP contribution is 2.20. The lowest BCUT2D eigenvalue weighted by Crippen LogP contribution is -2.05. The first kappa shape index (κ1) is 31.5. The van der Waals surface area contributed by atoms with E-state index in [1.807, 2.05) is 66.7 Å². The van der Waals surface area contributed by atoms with E-state index < -0.39 is 0 Å². The molecule has 3 aromatic rings. The van der Waals surface area contributed by atoms with Crippen molar-refractivity contribution in [2.24, 2.45) is 5.92 Å². The molecule has 0 heterocycles. The van der Waals surface area contributed by atoms with E-state index in [-0.39, 0.29) is 11.9 Å². The van der Waals surface area contributed by atoms with Crippen LogP contribution in [0.15, 0.2) is 91.0 Å². The first-order chi connectivity index (χ1) is 20.1. The van der Waals surface area contributed by atoms with Gasteiger partial charge in [-0.1, -0.05) is 61.0 Å². The summed E-state index contributed by atoms with van der Waals surface area (Å²) in [6.45, 7) is 1.24. The number of hydrogen-bond donors (Lipinski definition) is 0. The molecule has 218 valence electrons. The second-order valence-corrected chi connectivity index (χ2v) is 9.95. The molecular formula is C35H42O6. The molecule has 0 aliphatic carbocycles. The number of aryl methyl sites for hydroxylation is 1. The molecule has 0 N–H and O–H groups in total. The highest BCUT2D eigenvalue weighted by atomic mass is 16.5. The SMILES string of the molecule is COC(=O)CCCCC(C=CCCc1ccc(OCCCOc2ccccc2)cc1)Cc1ccc(C(=O)OC)cc1. The fraction of sp³-hybridized carbons (Fsp3) is 0.371. The van der Waals surface area contributed by atoms with E-state index in [9.17, 15) is 9.59 Å². The molecule has 0 aliphatic heterocycles. The van der Waals surface area contributed by atoms with Crippen molar-refractivity contribution >= 4 is 11.9 Å². The minimum absolute atomic E-state index is 0.163. The Morgan fingerprint density at radius 3 is 2.05 bits per heavy atom. The Hall–Kier alpha value is -4.06. The minimum Gasteiger partial charge on any atom is -0.493 e. The summed E-state index contributed by atoms with van der Waals surface area (Å²) in [4.78, 5) is 23.2. The van der Waals surface area contributed by atoms with Crippen molar-refractivity contribution in [1.29, 1.82) is 0 Å². The van der Waals surface area contributed by atoms with Crippen molar-refractivity contribution in [3.05, 3.63) is 108 Å². The minimum atomic E-state index is -0.330. The molecule has 3 rings (SSSR count). The second-order valence-electron chi connectivity index (χ2n) is 9.95. The topological polar surface area (TPSA) is 71.1 Å². The van der Waals surface area contributed by atoms with Crippen LogP contribution in [-0.2, 0) is 27.1 Å². The quantitative estimate of drug-likeness (QED) is 0.0920. The Morgan fingerprint density at radius 1 is 0.732 bits per heavy atom. The Bertz CT molecular complexity index is 1190. The standard InChI is InChI=1S/C35H42O6/c1-38-34(36)16-9-8-13-29(27-30-17-21-31(22-18-30)35(37)39-2)12-7-6-11-28-19-23-33(24-20-28)41-26-10-25-40-32-14-4-3-5-15-32/h3-5,7,12,14-15,17-24,29H,6,8-11,13,16,25-27H2,1-2H3. The zero-order chi connectivity index (χ0) is 29.1. The fourth-order valence-corrected chi connectivity index (χ4v) is 4.49. The molecular weight excluding hydrogens is 516 g/mol. The normalized spacial score (nSPS) is 11.7. The van der Waals surface area contributed by atoms with Crippen LogP contribution >= 0.6 is 0 Å². The lowest BCUT2D eigenvalue weighted by atomic mass is 9.92. The first-order valence-corrected chi connectivity index (χ1v) is 14.4. The number of ether oxygens (including phenoxy) is 4. The lowest BCUT2D eigenvalue weighted by molar-refractivity contribution is -0.140. The molecule has 1 atom stereocenters. The maximum absolute atomic E-state index is 11.7. The number of hydrogen-bond acceptors (Lipinski definition) is 6. The van der Waals surface area contributed by atoms with Gasteiger partial charge in [0.15, 0.2) is 0 Å². The average Bonchev–Trinajstić information content (AvgIpc) is 3.02. The van der Waals surface area contributed by atoms with E-state index >= 15 is 0 Å². The van der Waals surface area contributed by atoms with Crippen LogP contribution in [0, 0.1) is 5.92 Å². The molecule has 1 unspecified atom stereocenters. The molecule has 3 aromatic carbocycles. The number of allylic oxidation sites excluding steroid dienone is 2. The van der Waals surface area contributed by atoms with Gasteiger partial charge in [-0.05, 0) is 85.5 Å². The molecule has 6 heteroatoms. The first-order valence-electron chi connectivity index (χ1n) is 14.4. The van der Waals surface area contributed by atoms with Crippen LogP contribution in [-0.4, -0.2) is 39.4 Å². The summed E-state index contributed by atoms with van der Waals surface area (Å²) in [6, 6.07) is 25.7. The average molecular weight is 559 g/mol. The zero-order valence-corrected chi connectivity index (χ0v) is 24.3. The number of methoxy groups -OCH3 is 2. The summed E-state index contributed by atoms with van der Waals surface area (Å²) >= 11 is 0. The monoisotopic (exact) mass is 558 g/mol. The number of carbonyl (C=O) groups excluding carboxylic acids is 2. The third-order valence-electron chi connectivity index (χ3n) is 6.81. The molecule has 0 fully saturated rings. The van der Waals surface area contributed by atoms with E-state index in [0.717, 1.165) is 56.4 Å². The number of rotatable bonds is 18. The summed E-state index contributed by atoms with van der Waals surface area (Å²) in [6.07, 6.45) is 11.3. The number of benzene rings is 3. The number of para-hydroxylation sites is 1. The van der Waals surface area contributed by atoms with Crippen LogP contribution < -0.4 is 9.47 Å². The molecule has 0 amide bonds. The predicted molar refractivity (Wildman–Crippen MR) is 161 cm³/mol. The van der Waals surface area contributed by atoms with Crippen LogP contribution in [0.25, 0.3) is 0 Å². The summed E-state index contributed by atoms with van der Waals surface area (Å²) in [5.74, 6) is 1.60. The molecule has 0 aromatic heterocycles. The van der Waals surface area contributed by atoms with Crippen LogP contribution in [0.1, 0.15) is 60.0 Å². The van der Waals surface area contributed by atoms with Gasteiger partial charge < -0.3 is 18.9 Å². The van der Waals surface area contributed by atoms with Crippen molar-refractivity contribution in [1.82, 2.24) is 0 Å². The predicted octanol–water partition coefficient (Wildman–Crippen LogP) is 7.40. The maximum Gasteiger partial charge on any atom is 0.337 e. The Balaban J connectivity index is 1.43. The van der Waals surface area contributed by atoms with E-state index in [0.29, 0.717) is 31.1 Å². The van der Waals surface area contributed by atoms with Gasteiger partial charge in [0.25, 0.3) is 0 Å². The second kappa shape index (κ2) is 18.3. The largest absolute Gasteiger partial charge is 0.493 e. The fourth-order valence-electron chi connectivity index (χ4n) is 4.49. The van der Waals surface area contributed by atoms with Gasteiger partial charge in [0.1, 0.15) is 11.5 Å². The van der Waals surface area contributed by atoms with E-state index in [1.165, 1.54) is 25.3 Å². The van der Waals surface area contributed by atoms with E-state index in [4.69, 9.17) is 18.9 Å². The molecule has 0 spiro atoms. The van der Waals surface area contributed by atoms with Gasteiger partial charge in [0, 0.05) is 12.8 Å². The molecule has 0 saturated heterocycles.